The second-order valence-corrected chi connectivity index (χ2v) is 7.17. The minimum absolute atomic E-state index is 0.160. The third-order valence-electron chi connectivity index (χ3n) is 4.50. The molecule has 4 rings (SSSR count). The Morgan fingerprint density at radius 1 is 1.04 bits per heavy atom. The van der Waals surface area contributed by atoms with Crippen LogP contribution in [0.3, 0.4) is 0 Å². The second-order valence-electron chi connectivity index (χ2n) is 6.12. The molecule has 0 fully saturated rings. The number of carbonyl (C=O) groups excluding carboxylic acids is 1. The lowest BCUT2D eigenvalue weighted by atomic mass is 10.1. The van der Waals surface area contributed by atoms with Crippen LogP contribution in [0.2, 0.25) is 0 Å². The largest absolute Gasteiger partial charge is 0.312 e. The molecular formula is C21H16N2OS. The first-order valence-electron chi connectivity index (χ1n) is 8.27. The van der Waals surface area contributed by atoms with Crippen LogP contribution in [0.1, 0.15) is 33.5 Å². The van der Waals surface area contributed by atoms with E-state index in [1.807, 2.05) is 54.6 Å². The molecule has 0 unspecified atom stereocenters. The van der Waals surface area contributed by atoms with Gasteiger partial charge in [-0.3, -0.25) is 4.79 Å². The molecule has 0 bridgehead atoms. The number of nitrogens with one attached hydrogen (secondary N) is 1. The number of aryl methyl sites for hydroxylation is 2. The fourth-order valence-electron chi connectivity index (χ4n) is 3.20. The van der Waals surface area contributed by atoms with Crippen molar-refractivity contribution in [3.05, 3.63) is 76.9 Å². The van der Waals surface area contributed by atoms with Crippen molar-refractivity contribution in [1.29, 1.82) is 5.26 Å². The van der Waals surface area contributed by atoms with Crippen molar-refractivity contribution < 1.29 is 4.79 Å². The lowest BCUT2D eigenvalue weighted by molar-refractivity contribution is 0.102. The van der Waals surface area contributed by atoms with E-state index < -0.39 is 0 Å². The van der Waals surface area contributed by atoms with E-state index in [-0.39, 0.29) is 5.91 Å². The van der Waals surface area contributed by atoms with Crippen LogP contribution < -0.4 is 5.32 Å². The van der Waals surface area contributed by atoms with Gasteiger partial charge in [0.1, 0.15) is 11.1 Å². The molecule has 1 aliphatic rings. The molecule has 2 aromatic carbocycles. The molecule has 0 radical (unpaired) electrons. The van der Waals surface area contributed by atoms with E-state index in [0.717, 1.165) is 29.7 Å². The lowest BCUT2D eigenvalue weighted by Crippen LogP contribution is -2.12. The molecular weight excluding hydrogens is 328 g/mol. The Bertz CT molecular complexity index is 983. The SMILES string of the molecule is N#Cc1cc(-c2ccccc2)sc1NC(=O)c1ccc2c(c1)CCC2. The third kappa shape index (κ3) is 3.07. The van der Waals surface area contributed by atoms with Crippen LogP contribution in [0.4, 0.5) is 5.00 Å². The Kier molecular flexibility index (Phi) is 4.09. The Hall–Kier alpha value is -2.90. The van der Waals surface area contributed by atoms with E-state index in [2.05, 4.69) is 11.4 Å². The minimum atomic E-state index is -0.160. The van der Waals surface area contributed by atoms with Crippen molar-refractivity contribution in [2.24, 2.45) is 0 Å². The average molecular weight is 344 g/mol. The molecule has 1 N–H and O–H groups in total. The van der Waals surface area contributed by atoms with Gasteiger partial charge in [-0.25, -0.2) is 0 Å². The fraction of sp³-hybridized carbons (Fsp3) is 0.143. The van der Waals surface area contributed by atoms with Crippen molar-refractivity contribution in [3.63, 3.8) is 0 Å². The van der Waals surface area contributed by atoms with Crippen molar-refractivity contribution in [1.82, 2.24) is 0 Å². The van der Waals surface area contributed by atoms with Crippen molar-refractivity contribution in [2.75, 3.05) is 5.32 Å². The third-order valence-corrected chi connectivity index (χ3v) is 5.60. The summed E-state index contributed by atoms with van der Waals surface area (Å²) in [6.45, 7) is 0. The number of thiophene rings is 1. The van der Waals surface area contributed by atoms with Crippen molar-refractivity contribution in [3.8, 4) is 16.5 Å². The van der Waals surface area contributed by atoms with Gasteiger partial charge < -0.3 is 5.32 Å². The second kappa shape index (κ2) is 6.54. The number of rotatable bonds is 3. The van der Waals surface area contributed by atoms with Crippen LogP contribution in [0.15, 0.2) is 54.6 Å². The molecule has 0 atom stereocenters. The Morgan fingerprint density at radius 3 is 2.64 bits per heavy atom. The lowest BCUT2D eigenvalue weighted by Gasteiger charge is -2.06. The van der Waals surface area contributed by atoms with Crippen LogP contribution in [-0.4, -0.2) is 5.91 Å². The summed E-state index contributed by atoms with van der Waals surface area (Å²) < 4.78 is 0. The smallest absolute Gasteiger partial charge is 0.256 e. The molecule has 1 aromatic heterocycles. The van der Waals surface area contributed by atoms with Gasteiger partial charge in [0.25, 0.3) is 5.91 Å². The molecule has 0 saturated heterocycles. The number of carbonyl (C=O) groups is 1. The topological polar surface area (TPSA) is 52.9 Å². The summed E-state index contributed by atoms with van der Waals surface area (Å²) in [7, 11) is 0. The average Bonchev–Trinajstić information content (AvgIpc) is 3.28. The predicted molar refractivity (Wildman–Crippen MR) is 101 cm³/mol. The number of fused-ring (bicyclic) bond motifs is 1. The quantitative estimate of drug-likeness (QED) is 0.724. The summed E-state index contributed by atoms with van der Waals surface area (Å²) in [4.78, 5) is 13.6. The van der Waals surface area contributed by atoms with Crippen LogP contribution >= 0.6 is 11.3 Å². The van der Waals surface area contributed by atoms with Crippen LogP contribution in [-0.2, 0) is 12.8 Å². The van der Waals surface area contributed by atoms with Gasteiger partial charge >= 0.3 is 0 Å². The molecule has 0 saturated carbocycles. The van der Waals surface area contributed by atoms with E-state index in [0.29, 0.717) is 16.1 Å². The van der Waals surface area contributed by atoms with Gasteiger partial charge in [-0.05, 0) is 54.2 Å². The number of hydrogen-bond donors (Lipinski definition) is 1. The van der Waals surface area contributed by atoms with Gasteiger partial charge in [0.15, 0.2) is 0 Å². The number of nitriles is 1. The summed E-state index contributed by atoms with van der Waals surface area (Å²) in [5.41, 5.74) is 4.81. The van der Waals surface area contributed by atoms with E-state index in [4.69, 9.17) is 0 Å². The number of benzene rings is 2. The van der Waals surface area contributed by atoms with E-state index in [1.54, 1.807) is 0 Å². The zero-order valence-corrected chi connectivity index (χ0v) is 14.4. The van der Waals surface area contributed by atoms with E-state index in [9.17, 15) is 10.1 Å². The van der Waals surface area contributed by atoms with Gasteiger partial charge in [0, 0.05) is 10.4 Å². The Labute approximate surface area is 150 Å². The van der Waals surface area contributed by atoms with E-state index >= 15 is 0 Å². The molecule has 25 heavy (non-hydrogen) atoms. The van der Waals surface area contributed by atoms with Crippen molar-refractivity contribution >= 4 is 22.2 Å². The van der Waals surface area contributed by atoms with Gasteiger partial charge in [0.2, 0.25) is 0 Å². The fourth-order valence-corrected chi connectivity index (χ4v) is 4.21. The number of nitrogens with zero attached hydrogens (tertiary/aromatic N) is 1. The zero-order chi connectivity index (χ0) is 17.2. The number of amides is 1. The normalized spacial score (nSPS) is 12.4. The van der Waals surface area contributed by atoms with Crippen LogP contribution in [0.25, 0.3) is 10.4 Å². The summed E-state index contributed by atoms with van der Waals surface area (Å²) >= 11 is 1.43. The number of anilines is 1. The molecule has 1 heterocycles. The molecule has 0 spiro atoms. The first-order valence-corrected chi connectivity index (χ1v) is 9.09. The summed E-state index contributed by atoms with van der Waals surface area (Å²) in [6.07, 6.45) is 3.29. The minimum Gasteiger partial charge on any atom is -0.312 e. The molecule has 1 amide bonds. The molecule has 3 nitrogen and oxygen atoms in total. The van der Waals surface area contributed by atoms with Crippen LogP contribution in [0.5, 0.6) is 0 Å². The first kappa shape index (κ1) is 15.6. The summed E-state index contributed by atoms with van der Waals surface area (Å²) in [5, 5.41) is 12.9. The predicted octanol–water partition coefficient (Wildman–Crippen LogP) is 5.03. The Morgan fingerprint density at radius 2 is 1.84 bits per heavy atom. The first-order chi connectivity index (χ1) is 12.2. The Balaban J connectivity index is 1.61. The van der Waals surface area contributed by atoms with E-state index in [1.165, 1.54) is 22.5 Å². The molecule has 0 aliphatic heterocycles. The molecule has 122 valence electrons. The van der Waals surface area contributed by atoms with Gasteiger partial charge in [-0.1, -0.05) is 36.4 Å². The number of hydrogen-bond acceptors (Lipinski definition) is 3. The highest BCUT2D eigenvalue weighted by Crippen LogP contribution is 2.35. The summed E-state index contributed by atoms with van der Waals surface area (Å²) in [5.74, 6) is -0.160. The zero-order valence-electron chi connectivity index (χ0n) is 13.6. The maximum absolute atomic E-state index is 12.6. The van der Waals surface area contributed by atoms with Gasteiger partial charge in [-0.15, -0.1) is 11.3 Å². The van der Waals surface area contributed by atoms with Crippen molar-refractivity contribution in [2.45, 2.75) is 19.3 Å². The maximum Gasteiger partial charge on any atom is 0.256 e. The highest BCUT2D eigenvalue weighted by molar-refractivity contribution is 7.19. The standard InChI is InChI=1S/C21H16N2OS/c22-13-18-12-19(15-5-2-1-3-6-15)25-21(18)23-20(24)17-10-9-14-7-4-8-16(14)11-17/h1-3,5-6,9-12H,4,7-8H2,(H,23,24). The monoisotopic (exact) mass is 344 g/mol. The maximum atomic E-state index is 12.6. The molecule has 4 heteroatoms. The van der Waals surface area contributed by atoms with Gasteiger partial charge in [0.05, 0.1) is 5.56 Å². The highest BCUT2D eigenvalue weighted by atomic mass is 32.1. The highest BCUT2D eigenvalue weighted by Gasteiger charge is 2.17. The molecule has 3 aromatic rings. The molecule has 1 aliphatic carbocycles. The van der Waals surface area contributed by atoms with Gasteiger partial charge in [-0.2, -0.15) is 5.26 Å². The van der Waals surface area contributed by atoms with Crippen LogP contribution in [0, 0.1) is 11.3 Å². The summed E-state index contributed by atoms with van der Waals surface area (Å²) in [6, 6.07) is 19.8.